The SMILES string of the molecule is CCc1ccc(Oc2cc(CN(C)C(=O)OC(C)(C)C)nn2CCC(C)C)cc1. The maximum absolute atomic E-state index is 12.3. The van der Waals surface area contributed by atoms with Crippen LogP contribution in [0.2, 0.25) is 0 Å². The zero-order valence-electron chi connectivity index (χ0n) is 18.9. The monoisotopic (exact) mass is 401 g/mol. The van der Waals surface area contributed by atoms with Crippen LogP contribution in [0.4, 0.5) is 4.79 Å². The van der Waals surface area contributed by atoms with Gasteiger partial charge < -0.3 is 14.4 Å². The molecule has 0 fully saturated rings. The van der Waals surface area contributed by atoms with E-state index in [0.29, 0.717) is 18.3 Å². The number of carbonyl (C=O) groups is 1. The third kappa shape index (κ3) is 7.44. The van der Waals surface area contributed by atoms with Gasteiger partial charge >= 0.3 is 6.09 Å². The lowest BCUT2D eigenvalue weighted by atomic mass is 10.1. The lowest BCUT2D eigenvalue weighted by Crippen LogP contribution is -2.33. The van der Waals surface area contributed by atoms with Crippen LogP contribution in [0, 0.1) is 5.92 Å². The smallest absolute Gasteiger partial charge is 0.410 e. The van der Waals surface area contributed by atoms with Crippen molar-refractivity contribution in [3.63, 3.8) is 0 Å². The second-order valence-electron chi connectivity index (χ2n) is 8.82. The van der Waals surface area contributed by atoms with E-state index in [1.54, 1.807) is 7.05 Å². The quantitative estimate of drug-likeness (QED) is 0.573. The van der Waals surface area contributed by atoms with E-state index >= 15 is 0 Å². The van der Waals surface area contributed by atoms with E-state index in [2.05, 4.69) is 38.0 Å². The predicted molar refractivity (Wildman–Crippen MR) is 115 cm³/mol. The van der Waals surface area contributed by atoms with Gasteiger partial charge in [-0.25, -0.2) is 9.48 Å². The summed E-state index contributed by atoms with van der Waals surface area (Å²) in [5, 5.41) is 4.67. The topological polar surface area (TPSA) is 56.6 Å². The number of aryl methyl sites for hydroxylation is 2. The Kier molecular flexibility index (Phi) is 7.71. The van der Waals surface area contributed by atoms with Crippen molar-refractivity contribution < 1.29 is 14.3 Å². The molecule has 6 heteroatoms. The first-order valence-corrected chi connectivity index (χ1v) is 10.3. The molecule has 29 heavy (non-hydrogen) atoms. The van der Waals surface area contributed by atoms with Gasteiger partial charge in [0.25, 0.3) is 0 Å². The van der Waals surface area contributed by atoms with Gasteiger partial charge in [0, 0.05) is 19.7 Å². The summed E-state index contributed by atoms with van der Waals surface area (Å²) < 4.78 is 13.4. The third-order valence-electron chi connectivity index (χ3n) is 4.37. The van der Waals surface area contributed by atoms with Crippen LogP contribution < -0.4 is 4.74 Å². The number of hydrogen-bond donors (Lipinski definition) is 0. The average Bonchev–Trinajstić information content (AvgIpc) is 3.00. The number of rotatable bonds is 8. The standard InChI is InChI=1S/C23H35N3O3/c1-8-18-9-11-20(12-10-18)28-21-15-19(24-26(21)14-13-17(2)3)16-25(7)22(27)29-23(4,5)6/h9-12,15,17H,8,13-14,16H2,1-7H3. The fourth-order valence-corrected chi connectivity index (χ4v) is 2.71. The largest absolute Gasteiger partial charge is 0.444 e. The molecule has 0 aliphatic heterocycles. The number of hydrogen-bond acceptors (Lipinski definition) is 4. The Morgan fingerprint density at radius 3 is 2.41 bits per heavy atom. The highest BCUT2D eigenvalue weighted by Gasteiger charge is 2.21. The second kappa shape index (κ2) is 9.81. The van der Waals surface area contributed by atoms with Crippen LogP contribution in [-0.2, 0) is 24.2 Å². The predicted octanol–water partition coefficient (Wildman–Crippen LogP) is 5.65. The molecule has 2 aromatic rings. The van der Waals surface area contributed by atoms with Crippen molar-refractivity contribution in [2.24, 2.45) is 5.92 Å². The highest BCUT2D eigenvalue weighted by Crippen LogP contribution is 2.24. The Morgan fingerprint density at radius 2 is 1.86 bits per heavy atom. The van der Waals surface area contributed by atoms with Gasteiger partial charge in [-0.3, -0.25) is 0 Å². The van der Waals surface area contributed by atoms with Gasteiger partial charge in [-0.05, 0) is 57.2 Å². The molecular weight excluding hydrogens is 366 g/mol. The molecule has 0 saturated heterocycles. The molecule has 0 radical (unpaired) electrons. The fraction of sp³-hybridized carbons (Fsp3) is 0.565. The molecule has 0 bridgehead atoms. The Hall–Kier alpha value is -2.50. The van der Waals surface area contributed by atoms with E-state index in [9.17, 15) is 4.79 Å². The summed E-state index contributed by atoms with van der Waals surface area (Å²) in [6.45, 7) is 13.2. The fourth-order valence-electron chi connectivity index (χ4n) is 2.71. The maximum atomic E-state index is 12.3. The Balaban J connectivity index is 2.16. The van der Waals surface area contributed by atoms with Crippen molar-refractivity contribution >= 4 is 6.09 Å². The van der Waals surface area contributed by atoms with Crippen molar-refractivity contribution in [3.05, 3.63) is 41.6 Å². The van der Waals surface area contributed by atoms with Crippen LogP contribution in [0.1, 0.15) is 59.2 Å². The molecule has 0 atom stereocenters. The molecule has 0 spiro atoms. The molecule has 1 aromatic carbocycles. The van der Waals surface area contributed by atoms with Crippen molar-refractivity contribution in [2.75, 3.05) is 7.05 Å². The molecule has 0 saturated carbocycles. The van der Waals surface area contributed by atoms with Gasteiger partial charge in [-0.1, -0.05) is 32.9 Å². The zero-order valence-corrected chi connectivity index (χ0v) is 18.9. The van der Waals surface area contributed by atoms with E-state index in [0.717, 1.165) is 30.8 Å². The second-order valence-corrected chi connectivity index (χ2v) is 8.82. The van der Waals surface area contributed by atoms with Gasteiger partial charge in [-0.15, -0.1) is 0 Å². The third-order valence-corrected chi connectivity index (χ3v) is 4.37. The summed E-state index contributed by atoms with van der Waals surface area (Å²) in [6, 6.07) is 9.99. The minimum Gasteiger partial charge on any atom is -0.444 e. The minimum absolute atomic E-state index is 0.356. The molecule has 1 amide bonds. The zero-order chi connectivity index (χ0) is 21.6. The highest BCUT2D eigenvalue weighted by atomic mass is 16.6. The highest BCUT2D eigenvalue weighted by molar-refractivity contribution is 5.67. The van der Waals surface area contributed by atoms with Crippen LogP contribution in [0.15, 0.2) is 30.3 Å². The first-order valence-electron chi connectivity index (χ1n) is 10.3. The molecule has 0 unspecified atom stereocenters. The number of carbonyl (C=O) groups excluding carboxylic acids is 1. The number of aromatic nitrogens is 2. The summed E-state index contributed by atoms with van der Waals surface area (Å²) in [5.41, 5.74) is 1.51. The van der Waals surface area contributed by atoms with Gasteiger partial charge in [0.05, 0.1) is 12.2 Å². The normalized spacial score (nSPS) is 11.6. The molecule has 6 nitrogen and oxygen atoms in total. The van der Waals surface area contributed by atoms with Crippen LogP contribution in [0.25, 0.3) is 0 Å². The van der Waals surface area contributed by atoms with Crippen LogP contribution >= 0.6 is 0 Å². The van der Waals surface area contributed by atoms with E-state index in [4.69, 9.17) is 9.47 Å². The van der Waals surface area contributed by atoms with Gasteiger partial charge in [-0.2, -0.15) is 5.10 Å². The van der Waals surface area contributed by atoms with Gasteiger partial charge in [0.2, 0.25) is 5.88 Å². The van der Waals surface area contributed by atoms with Crippen LogP contribution in [0.5, 0.6) is 11.6 Å². The van der Waals surface area contributed by atoms with Crippen LogP contribution in [-0.4, -0.2) is 33.4 Å². The molecule has 1 aromatic heterocycles. The molecule has 2 rings (SSSR count). The molecule has 0 aliphatic carbocycles. The summed E-state index contributed by atoms with van der Waals surface area (Å²) in [7, 11) is 1.71. The van der Waals surface area contributed by atoms with E-state index in [1.165, 1.54) is 10.5 Å². The van der Waals surface area contributed by atoms with Gasteiger partial charge in [0.1, 0.15) is 11.4 Å². The number of amides is 1. The molecule has 0 N–H and O–H groups in total. The lowest BCUT2D eigenvalue weighted by Gasteiger charge is -2.24. The molecular formula is C23H35N3O3. The van der Waals surface area contributed by atoms with Crippen LogP contribution in [0.3, 0.4) is 0 Å². The Bertz CT molecular complexity index is 789. The lowest BCUT2D eigenvalue weighted by molar-refractivity contribution is 0.0283. The van der Waals surface area contributed by atoms with E-state index < -0.39 is 5.60 Å². The average molecular weight is 402 g/mol. The maximum Gasteiger partial charge on any atom is 0.410 e. The van der Waals surface area contributed by atoms with Crippen molar-refractivity contribution in [1.29, 1.82) is 0 Å². The first kappa shape index (κ1) is 22.8. The van der Waals surface area contributed by atoms with Crippen molar-refractivity contribution in [3.8, 4) is 11.6 Å². The Labute approximate surface area is 174 Å². The van der Waals surface area contributed by atoms with Gasteiger partial charge in [0.15, 0.2) is 0 Å². The van der Waals surface area contributed by atoms with E-state index in [1.807, 2.05) is 43.7 Å². The first-order chi connectivity index (χ1) is 13.6. The van der Waals surface area contributed by atoms with E-state index in [-0.39, 0.29) is 6.09 Å². The van der Waals surface area contributed by atoms with Crippen molar-refractivity contribution in [1.82, 2.24) is 14.7 Å². The molecule has 0 aliphatic rings. The summed E-state index contributed by atoms with van der Waals surface area (Å²) in [6.07, 6.45) is 1.62. The molecule has 1 heterocycles. The number of benzene rings is 1. The summed E-state index contributed by atoms with van der Waals surface area (Å²) >= 11 is 0. The summed E-state index contributed by atoms with van der Waals surface area (Å²) in [5.74, 6) is 2.02. The number of nitrogens with zero attached hydrogens (tertiary/aromatic N) is 3. The minimum atomic E-state index is -0.527. The van der Waals surface area contributed by atoms with Crippen molar-refractivity contribution in [2.45, 2.75) is 73.1 Å². The molecule has 160 valence electrons. The number of ether oxygens (including phenoxy) is 2. The summed E-state index contributed by atoms with van der Waals surface area (Å²) in [4.78, 5) is 13.8. The Morgan fingerprint density at radius 1 is 1.21 bits per heavy atom.